The van der Waals surface area contributed by atoms with Crippen LogP contribution in [0.1, 0.15) is 48.5 Å². The molecule has 5 aromatic rings. The summed E-state index contributed by atoms with van der Waals surface area (Å²) in [4.78, 5) is 29.2. The molecule has 168 valence electrons. The Bertz CT molecular complexity index is 1500. The van der Waals surface area contributed by atoms with Crippen LogP contribution in [0, 0.1) is 20.8 Å². The molecule has 0 N–H and O–H groups in total. The van der Waals surface area contributed by atoms with E-state index >= 15 is 0 Å². The Labute approximate surface area is 207 Å². The Morgan fingerprint density at radius 2 is 1.30 bits per heavy atom. The summed E-state index contributed by atoms with van der Waals surface area (Å²) in [6.45, 7) is 8.13. The summed E-state index contributed by atoms with van der Waals surface area (Å²) in [6.07, 6.45) is 0.749. The minimum Gasteiger partial charge on any atom is -0.412 e. The summed E-state index contributed by atoms with van der Waals surface area (Å²) in [5.74, 6) is -0.783. The number of fused-ring (bicyclic) bond motifs is 2. The topological polar surface area (TPSA) is 52.6 Å². The lowest BCUT2D eigenvalue weighted by Gasteiger charge is -2.12. The minimum atomic E-state index is -0.393. The van der Waals surface area contributed by atoms with Crippen LogP contribution in [0.3, 0.4) is 0 Å². The number of esters is 2. The van der Waals surface area contributed by atoms with Crippen LogP contribution in [0.5, 0.6) is 10.1 Å². The number of benzene rings is 1. The molecule has 5 rings (SSSR count). The van der Waals surface area contributed by atoms with Crippen molar-refractivity contribution in [2.24, 2.45) is 0 Å². The van der Waals surface area contributed by atoms with Gasteiger partial charge in [-0.25, -0.2) is 9.59 Å². The lowest BCUT2D eigenvalue weighted by atomic mass is 9.95. The van der Waals surface area contributed by atoms with Crippen molar-refractivity contribution < 1.29 is 19.1 Å². The fourth-order valence-corrected chi connectivity index (χ4v) is 7.73. The van der Waals surface area contributed by atoms with Crippen LogP contribution in [0.2, 0.25) is 0 Å². The van der Waals surface area contributed by atoms with E-state index in [1.807, 2.05) is 43.7 Å². The van der Waals surface area contributed by atoms with Crippen LogP contribution in [0.4, 0.5) is 0 Å². The largest absolute Gasteiger partial charge is 0.412 e. The SMILES string of the molecule is CCc1c(C)sc2c(C(=O)Oc3cccs3)c3c(C)c(C)sc3c(C(=O)Oc3cccs3)c12. The Balaban J connectivity index is 1.84. The molecule has 4 nitrogen and oxygen atoms in total. The lowest BCUT2D eigenvalue weighted by Crippen LogP contribution is -2.13. The van der Waals surface area contributed by atoms with E-state index in [1.54, 1.807) is 23.5 Å². The summed E-state index contributed by atoms with van der Waals surface area (Å²) in [6, 6.07) is 7.28. The van der Waals surface area contributed by atoms with Crippen molar-refractivity contribution in [2.75, 3.05) is 0 Å². The van der Waals surface area contributed by atoms with Gasteiger partial charge in [0.25, 0.3) is 0 Å². The summed E-state index contributed by atoms with van der Waals surface area (Å²) in [5.41, 5.74) is 3.15. The molecular formula is C25H20O4S4. The van der Waals surface area contributed by atoms with E-state index in [1.165, 1.54) is 34.0 Å². The Kier molecular flexibility index (Phi) is 5.86. The minimum absolute atomic E-state index is 0.389. The molecule has 0 spiro atoms. The number of hydrogen-bond acceptors (Lipinski definition) is 8. The second-order valence-electron chi connectivity index (χ2n) is 7.58. The average molecular weight is 513 g/mol. The zero-order chi connectivity index (χ0) is 23.3. The molecule has 0 bridgehead atoms. The van der Waals surface area contributed by atoms with Gasteiger partial charge in [0.05, 0.1) is 20.5 Å². The highest BCUT2D eigenvalue weighted by Crippen LogP contribution is 2.46. The Morgan fingerprint density at radius 1 is 0.788 bits per heavy atom. The van der Waals surface area contributed by atoms with Crippen LogP contribution in [-0.2, 0) is 6.42 Å². The van der Waals surface area contributed by atoms with Gasteiger partial charge in [0.1, 0.15) is 0 Å². The molecule has 0 radical (unpaired) electrons. The van der Waals surface area contributed by atoms with Gasteiger partial charge in [0.2, 0.25) is 0 Å². The maximum atomic E-state index is 13.6. The third-order valence-corrected chi connectivity index (χ3v) is 9.57. The smallest absolute Gasteiger partial charge is 0.346 e. The van der Waals surface area contributed by atoms with Crippen molar-refractivity contribution in [3.05, 3.63) is 67.0 Å². The van der Waals surface area contributed by atoms with Crippen LogP contribution < -0.4 is 9.47 Å². The molecule has 0 unspecified atom stereocenters. The summed E-state index contributed by atoms with van der Waals surface area (Å²) in [7, 11) is 0. The molecule has 33 heavy (non-hydrogen) atoms. The molecule has 0 atom stereocenters. The van der Waals surface area contributed by atoms with Crippen molar-refractivity contribution in [2.45, 2.75) is 34.1 Å². The highest BCUT2D eigenvalue weighted by atomic mass is 32.1. The number of ether oxygens (including phenoxy) is 2. The molecule has 0 aliphatic rings. The normalized spacial score (nSPS) is 11.4. The fourth-order valence-electron chi connectivity index (χ4n) is 4.09. The maximum absolute atomic E-state index is 13.6. The first kappa shape index (κ1) is 22.3. The molecule has 4 aromatic heterocycles. The number of thiophene rings is 4. The van der Waals surface area contributed by atoms with Gasteiger partial charge in [-0.2, -0.15) is 0 Å². The van der Waals surface area contributed by atoms with E-state index in [4.69, 9.17) is 9.47 Å². The van der Waals surface area contributed by atoms with Gasteiger partial charge < -0.3 is 9.47 Å². The van der Waals surface area contributed by atoms with Gasteiger partial charge in [0.15, 0.2) is 10.1 Å². The van der Waals surface area contributed by atoms with E-state index in [9.17, 15) is 9.59 Å². The van der Waals surface area contributed by atoms with E-state index in [0.29, 0.717) is 21.3 Å². The van der Waals surface area contributed by atoms with Gasteiger partial charge in [0, 0.05) is 20.5 Å². The van der Waals surface area contributed by atoms with Crippen molar-refractivity contribution in [1.29, 1.82) is 0 Å². The monoisotopic (exact) mass is 512 g/mol. The molecule has 8 heteroatoms. The van der Waals surface area contributed by atoms with Gasteiger partial charge in [-0.3, -0.25) is 0 Å². The number of carbonyl (C=O) groups is 2. The maximum Gasteiger partial charge on any atom is 0.346 e. The highest BCUT2D eigenvalue weighted by Gasteiger charge is 2.31. The van der Waals surface area contributed by atoms with Crippen molar-refractivity contribution in [3.8, 4) is 10.1 Å². The number of hydrogen-bond donors (Lipinski definition) is 0. The molecule has 4 heterocycles. The van der Waals surface area contributed by atoms with Crippen molar-refractivity contribution in [3.63, 3.8) is 0 Å². The van der Waals surface area contributed by atoms with E-state index in [0.717, 1.165) is 47.5 Å². The van der Waals surface area contributed by atoms with Crippen LogP contribution in [-0.4, -0.2) is 11.9 Å². The lowest BCUT2D eigenvalue weighted by molar-refractivity contribution is 0.0732. The number of carbonyl (C=O) groups excluding carboxylic acids is 2. The Hall–Kier alpha value is -2.52. The second-order valence-corrected chi connectivity index (χ2v) is 11.8. The van der Waals surface area contributed by atoms with Crippen LogP contribution >= 0.6 is 45.3 Å². The highest BCUT2D eigenvalue weighted by molar-refractivity contribution is 7.21. The van der Waals surface area contributed by atoms with Gasteiger partial charge in [-0.05, 0) is 73.3 Å². The Morgan fingerprint density at radius 3 is 1.82 bits per heavy atom. The van der Waals surface area contributed by atoms with E-state index in [2.05, 4.69) is 6.92 Å². The zero-order valence-corrected chi connectivity index (χ0v) is 21.7. The first-order chi connectivity index (χ1) is 15.9. The predicted octanol–water partition coefficient (Wildman–Crippen LogP) is 8.17. The summed E-state index contributed by atoms with van der Waals surface area (Å²) in [5, 5.41) is 6.46. The van der Waals surface area contributed by atoms with Gasteiger partial charge in [-0.15, -0.1) is 45.3 Å². The average Bonchev–Trinajstić information content (AvgIpc) is 3.56. The summed E-state index contributed by atoms with van der Waals surface area (Å²) >= 11 is 5.84. The third-order valence-electron chi connectivity index (χ3n) is 5.69. The molecule has 0 fully saturated rings. The van der Waals surface area contributed by atoms with E-state index < -0.39 is 5.97 Å². The molecule has 0 saturated carbocycles. The predicted molar refractivity (Wildman–Crippen MR) is 139 cm³/mol. The molecule has 0 aliphatic heterocycles. The zero-order valence-electron chi connectivity index (χ0n) is 18.4. The number of aryl methyl sites for hydroxylation is 4. The number of rotatable bonds is 5. The third kappa shape index (κ3) is 3.71. The molecular weight excluding hydrogens is 493 g/mol. The quantitative estimate of drug-likeness (QED) is 0.223. The standard InChI is InChI=1S/C25H20O4S4/c1-5-15-14(4)33-23-19(15)21(25(27)29-17-9-7-11-31-17)22-18(12(2)13(3)32-22)20(23)24(26)28-16-8-6-10-30-16/h6-11H,5H2,1-4H3. The molecule has 0 amide bonds. The fraction of sp³-hybridized carbons (Fsp3) is 0.200. The first-order valence-electron chi connectivity index (χ1n) is 10.4. The van der Waals surface area contributed by atoms with Crippen LogP contribution in [0.15, 0.2) is 35.0 Å². The van der Waals surface area contributed by atoms with E-state index in [-0.39, 0.29) is 5.97 Å². The van der Waals surface area contributed by atoms with Crippen LogP contribution in [0.25, 0.3) is 20.2 Å². The van der Waals surface area contributed by atoms with Crippen molar-refractivity contribution in [1.82, 2.24) is 0 Å². The first-order valence-corrected chi connectivity index (χ1v) is 13.8. The molecule has 0 saturated heterocycles. The van der Waals surface area contributed by atoms with Crippen molar-refractivity contribution >= 4 is 77.5 Å². The molecule has 0 aliphatic carbocycles. The van der Waals surface area contributed by atoms with Gasteiger partial charge in [-0.1, -0.05) is 6.92 Å². The summed E-state index contributed by atoms with van der Waals surface area (Å²) < 4.78 is 13.1. The van der Waals surface area contributed by atoms with Gasteiger partial charge >= 0.3 is 11.9 Å². The molecule has 1 aromatic carbocycles. The second kappa shape index (κ2) is 8.68.